The molecule has 0 bridgehead atoms. The Labute approximate surface area is 177 Å². The number of aromatic nitrogens is 5. The first-order valence-corrected chi connectivity index (χ1v) is 10.0. The minimum atomic E-state index is 0.647. The number of aryl methyl sites for hydroxylation is 2. The van der Waals surface area contributed by atoms with Crippen molar-refractivity contribution in [2.24, 2.45) is 0 Å². The molecule has 0 spiro atoms. The van der Waals surface area contributed by atoms with Crippen molar-refractivity contribution in [3.05, 3.63) is 82.9 Å². The van der Waals surface area contributed by atoms with E-state index >= 15 is 0 Å². The molecular formula is C24H26N6. The van der Waals surface area contributed by atoms with Crippen LogP contribution in [0.25, 0.3) is 17.2 Å². The van der Waals surface area contributed by atoms with Crippen molar-refractivity contribution in [1.82, 2.24) is 24.7 Å². The summed E-state index contributed by atoms with van der Waals surface area (Å²) in [7, 11) is 2.07. The quantitative estimate of drug-likeness (QED) is 0.492. The van der Waals surface area contributed by atoms with Gasteiger partial charge in [0.05, 0.1) is 11.4 Å². The summed E-state index contributed by atoms with van der Waals surface area (Å²) in [4.78, 5) is 16.1. The lowest BCUT2D eigenvalue weighted by molar-refractivity contribution is 0.829. The van der Waals surface area contributed by atoms with Crippen LogP contribution in [0, 0.1) is 27.7 Å². The first-order valence-electron chi connectivity index (χ1n) is 10.0. The van der Waals surface area contributed by atoms with Crippen LogP contribution in [0.3, 0.4) is 0 Å². The van der Waals surface area contributed by atoms with Crippen molar-refractivity contribution in [3.8, 4) is 17.2 Å². The van der Waals surface area contributed by atoms with Gasteiger partial charge in [0.2, 0.25) is 0 Å². The van der Waals surface area contributed by atoms with E-state index < -0.39 is 0 Å². The first kappa shape index (κ1) is 19.8. The van der Waals surface area contributed by atoms with Gasteiger partial charge in [-0.3, -0.25) is 4.98 Å². The zero-order valence-electron chi connectivity index (χ0n) is 18.1. The van der Waals surface area contributed by atoms with Crippen LogP contribution in [0.4, 0.5) is 5.82 Å². The van der Waals surface area contributed by atoms with Gasteiger partial charge in [-0.25, -0.2) is 14.6 Å². The summed E-state index contributed by atoms with van der Waals surface area (Å²) in [5.41, 5.74) is 7.24. The molecule has 0 aliphatic carbocycles. The van der Waals surface area contributed by atoms with Crippen LogP contribution >= 0.6 is 0 Å². The highest BCUT2D eigenvalue weighted by atomic mass is 15.3. The molecule has 6 nitrogen and oxygen atoms in total. The van der Waals surface area contributed by atoms with Gasteiger partial charge in [-0.1, -0.05) is 24.3 Å². The van der Waals surface area contributed by atoms with Gasteiger partial charge in [0.25, 0.3) is 0 Å². The fourth-order valence-corrected chi connectivity index (χ4v) is 3.63. The molecule has 0 N–H and O–H groups in total. The van der Waals surface area contributed by atoms with Gasteiger partial charge in [-0.05, 0) is 52.0 Å². The summed E-state index contributed by atoms with van der Waals surface area (Å²) in [6, 6.07) is 16.0. The third kappa shape index (κ3) is 3.68. The average Bonchev–Trinajstić information content (AvgIpc) is 3.05. The molecule has 3 aromatic heterocycles. The maximum atomic E-state index is 4.85. The Morgan fingerprint density at radius 2 is 1.60 bits per heavy atom. The maximum Gasteiger partial charge on any atom is 0.180 e. The monoisotopic (exact) mass is 398 g/mol. The fourth-order valence-electron chi connectivity index (χ4n) is 3.63. The molecule has 0 saturated heterocycles. The first-order chi connectivity index (χ1) is 14.5. The summed E-state index contributed by atoms with van der Waals surface area (Å²) >= 11 is 0. The lowest BCUT2D eigenvalue weighted by Gasteiger charge is -2.22. The van der Waals surface area contributed by atoms with Crippen molar-refractivity contribution in [2.45, 2.75) is 34.2 Å². The molecule has 0 fully saturated rings. The minimum Gasteiger partial charge on any atom is -0.355 e. The zero-order valence-corrected chi connectivity index (χ0v) is 18.1. The normalized spacial score (nSPS) is 11.0. The molecule has 3 heterocycles. The standard InChI is InChI=1S/C24H26N6/c1-16-17(2)26-23(22-13-9-10-14-25-22)27-24(16)29(5)15-21-18(3)28-30(19(21)4)20-11-7-6-8-12-20/h6-14H,15H2,1-5H3. The van der Waals surface area contributed by atoms with Crippen LogP contribution in [0.15, 0.2) is 54.7 Å². The number of hydrogen-bond acceptors (Lipinski definition) is 5. The summed E-state index contributed by atoms with van der Waals surface area (Å²) in [6.45, 7) is 8.98. The van der Waals surface area contributed by atoms with Gasteiger partial charge in [-0.15, -0.1) is 0 Å². The molecule has 4 rings (SSSR count). The minimum absolute atomic E-state index is 0.647. The second-order valence-electron chi connectivity index (χ2n) is 7.55. The van der Waals surface area contributed by atoms with E-state index in [1.807, 2.05) is 48.0 Å². The van der Waals surface area contributed by atoms with Crippen LogP contribution < -0.4 is 4.90 Å². The molecule has 0 amide bonds. The van der Waals surface area contributed by atoms with Crippen LogP contribution in [0.5, 0.6) is 0 Å². The molecule has 152 valence electrons. The molecule has 6 heteroatoms. The Hall–Kier alpha value is -3.54. The zero-order chi connectivity index (χ0) is 21.3. The van der Waals surface area contributed by atoms with E-state index in [4.69, 9.17) is 10.1 Å². The molecule has 0 unspecified atom stereocenters. The fraction of sp³-hybridized carbons (Fsp3) is 0.250. The Balaban J connectivity index is 1.69. The van der Waals surface area contributed by atoms with Crippen molar-refractivity contribution < 1.29 is 0 Å². The number of nitrogens with zero attached hydrogens (tertiary/aromatic N) is 6. The number of hydrogen-bond donors (Lipinski definition) is 0. The van der Waals surface area contributed by atoms with Crippen molar-refractivity contribution in [1.29, 1.82) is 0 Å². The van der Waals surface area contributed by atoms with Gasteiger partial charge in [-0.2, -0.15) is 5.10 Å². The maximum absolute atomic E-state index is 4.85. The highest BCUT2D eigenvalue weighted by molar-refractivity contribution is 5.57. The van der Waals surface area contributed by atoms with Gasteiger partial charge in [0, 0.05) is 42.3 Å². The molecule has 0 radical (unpaired) electrons. The van der Waals surface area contributed by atoms with Gasteiger partial charge >= 0.3 is 0 Å². The molecule has 30 heavy (non-hydrogen) atoms. The van der Waals surface area contributed by atoms with Crippen molar-refractivity contribution in [3.63, 3.8) is 0 Å². The molecule has 0 aliphatic heterocycles. The molecule has 4 aromatic rings. The van der Waals surface area contributed by atoms with E-state index in [9.17, 15) is 0 Å². The second kappa shape index (κ2) is 8.06. The number of anilines is 1. The molecule has 0 atom stereocenters. The van der Waals surface area contributed by atoms with Crippen LogP contribution in [-0.2, 0) is 6.54 Å². The molecule has 1 aromatic carbocycles. The largest absolute Gasteiger partial charge is 0.355 e. The van der Waals surface area contributed by atoms with Gasteiger partial charge < -0.3 is 4.90 Å². The van der Waals surface area contributed by atoms with E-state index in [1.54, 1.807) is 6.20 Å². The topological polar surface area (TPSA) is 59.7 Å². The Morgan fingerprint density at radius 1 is 0.867 bits per heavy atom. The SMILES string of the molecule is Cc1nc(-c2ccccn2)nc(N(C)Cc2c(C)nn(-c3ccccc3)c2C)c1C. The number of para-hydroxylation sites is 1. The Bertz CT molecular complexity index is 1170. The van der Waals surface area contributed by atoms with Crippen LogP contribution in [0.2, 0.25) is 0 Å². The van der Waals surface area contributed by atoms with Crippen LogP contribution in [-0.4, -0.2) is 31.8 Å². The predicted molar refractivity (Wildman–Crippen MR) is 120 cm³/mol. The lowest BCUT2D eigenvalue weighted by Crippen LogP contribution is -2.21. The highest BCUT2D eigenvalue weighted by Crippen LogP contribution is 2.26. The van der Waals surface area contributed by atoms with Gasteiger partial charge in [0.15, 0.2) is 5.82 Å². The average molecular weight is 399 g/mol. The predicted octanol–water partition coefficient (Wildman–Crippen LogP) is 4.59. The number of benzene rings is 1. The van der Waals surface area contributed by atoms with Gasteiger partial charge in [0.1, 0.15) is 11.5 Å². The Kier molecular flexibility index (Phi) is 5.31. The number of rotatable bonds is 5. The van der Waals surface area contributed by atoms with E-state index in [1.165, 1.54) is 5.56 Å². The Morgan fingerprint density at radius 3 is 2.30 bits per heavy atom. The third-order valence-electron chi connectivity index (χ3n) is 5.46. The second-order valence-corrected chi connectivity index (χ2v) is 7.55. The summed E-state index contributed by atoms with van der Waals surface area (Å²) in [5, 5.41) is 4.78. The smallest absolute Gasteiger partial charge is 0.180 e. The lowest BCUT2D eigenvalue weighted by atomic mass is 10.1. The molecule has 0 saturated carbocycles. The molecular weight excluding hydrogens is 372 g/mol. The van der Waals surface area contributed by atoms with Crippen molar-refractivity contribution in [2.75, 3.05) is 11.9 Å². The van der Waals surface area contributed by atoms with Crippen molar-refractivity contribution >= 4 is 5.82 Å². The van der Waals surface area contributed by atoms with E-state index in [2.05, 4.69) is 54.8 Å². The van der Waals surface area contributed by atoms with Crippen LogP contribution in [0.1, 0.15) is 28.2 Å². The summed E-state index contributed by atoms with van der Waals surface area (Å²) < 4.78 is 2.01. The van der Waals surface area contributed by atoms with E-state index in [0.29, 0.717) is 12.4 Å². The highest BCUT2D eigenvalue weighted by Gasteiger charge is 2.18. The number of pyridine rings is 1. The molecule has 0 aliphatic rings. The summed E-state index contributed by atoms with van der Waals surface area (Å²) in [6.07, 6.45) is 1.77. The van der Waals surface area contributed by atoms with E-state index in [0.717, 1.165) is 39.8 Å². The summed E-state index contributed by atoms with van der Waals surface area (Å²) in [5.74, 6) is 1.56. The van der Waals surface area contributed by atoms with E-state index in [-0.39, 0.29) is 0 Å². The third-order valence-corrected chi connectivity index (χ3v) is 5.46.